The van der Waals surface area contributed by atoms with Crippen LogP contribution >= 0.6 is 46.4 Å². The fourth-order valence-corrected chi connectivity index (χ4v) is 0. The summed E-state index contributed by atoms with van der Waals surface area (Å²) in [5, 5.41) is 0. The van der Waals surface area contributed by atoms with E-state index < -0.39 is 9.62 Å². The standard InChI is InChI=1S/C2H2Cl4/c3-1(4)2(5)6/h1-2H/i1D,2D. The highest BCUT2D eigenvalue weighted by atomic mass is 35.5. The van der Waals surface area contributed by atoms with Crippen LogP contribution in [0.25, 0.3) is 0 Å². The molecule has 4 heteroatoms. The monoisotopic (exact) mass is 168 g/mol. The molecule has 0 atom stereocenters. The van der Waals surface area contributed by atoms with Gasteiger partial charge in [-0.2, -0.15) is 0 Å². The van der Waals surface area contributed by atoms with Crippen LogP contribution in [0, 0.1) is 0 Å². The summed E-state index contributed by atoms with van der Waals surface area (Å²) in [4.78, 5) is -4.34. The number of alkyl halides is 4. The first kappa shape index (κ1) is 4.08. The van der Waals surface area contributed by atoms with E-state index in [9.17, 15) is 0 Å². The minimum absolute atomic E-state index is 2.17. The van der Waals surface area contributed by atoms with E-state index in [1.807, 2.05) is 0 Å². The molecule has 0 bridgehead atoms. The van der Waals surface area contributed by atoms with Gasteiger partial charge in [0.15, 0.2) is 0 Å². The summed E-state index contributed by atoms with van der Waals surface area (Å²) in [6, 6.07) is 0. The molecule has 0 heterocycles. The molecule has 0 aliphatic carbocycles. The van der Waals surface area contributed by atoms with Gasteiger partial charge in [-0.05, 0) is 0 Å². The van der Waals surface area contributed by atoms with Crippen LogP contribution in [0.2, 0.25) is 0 Å². The summed E-state index contributed by atoms with van der Waals surface area (Å²) in [7, 11) is 0. The predicted octanol–water partition coefficient (Wildman–Crippen LogP) is 2.59. The lowest BCUT2D eigenvalue weighted by Crippen LogP contribution is -1.96. The van der Waals surface area contributed by atoms with Gasteiger partial charge in [0.1, 0.15) is 9.62 Å². The maximum absolute atomic E-state index is 6.66. The number of hydrogen-bond donors (Lipinski definition) is 0. The van der Waals surface area contributed by atoms with Gasteiger partial charge in [-0.25, -0.2) is 0 Å². The highest BCUT2D eigenvalue weighted by Crippen LogP contribution is 2.16. The molecule has 0 saturated carbocycles. The molecule has 0 unspecified atom stereocenters. The normalized spacial score (nSPS) is 19.3. The Morgan fingerprint density at radius 3 is 1.17 bits per heavy atom. The molecule has 0 aliphatic heterocycles. The predicted molar refractivity (Wildman–Crippen MR) is 31.0 cm³/mol. The second kappa shape index (κ2) is 3.20. The molecule has 0 spiro atoms. The van der Waals surface area contributed by atoms with E-state index in [1.54, 1.807) is 0 Å². The van der Waals surface area contributed by atoms with Crippen LogP contribution in [0.3, 0.4) is 0 Å². The third kappa shape index (κ3) is 3.35. The van der Waals surface area contributed by atoms with Gasteiger partial charge in [-0.15, -0.1) is 46.4 Å². The Morgan fingerprint density at radius 2 is 1.17 bits per heavy atom. The molecule has 0 aromatic rings. The number of halogens is 4. The van der Waals surface area contributed by atoms with Crippen LogP contribution in [-0.2, 0) is 0 Å². The first-order valence-electron chi connectivity index (χ1n) is 2.01. The van der Waals surface area contributed by atoms with Crippen LogP contribution in [-0.4, -0.2) is 9.62 Å². The highest BCUT2D eigenvalue weighted by molar-refractivity contribution is 6.56. The van der Waals surface area contributed by atoms with Gasteiger partial charge in [0.25, 0.3) is 0 Å². The van der Waals surface area contributed by atoms with Crippen molar-refractivity contribution < 1.29 is 2.74 Å². The molecule has 0 radical (unpaired) electrons. The molecule has 0 aliphatic rings. The SMILES string of the molecule is [2H]C(Cl)(Cl)C([2H])(Cl)Cl. The van der Waals surface area contributed by atoms with E-state index in [0.717, 1.165) is 0 Å². The van der Waals surface area contributed by atoms with E-state index in [0.29, 0.717) is 0 Å². The summed E-state index contributed by atoms with van der Waals surface area (Å²) in [5.41, 5.74) is 0. The fourth-order valence-electron chi connectivity index (χ4n) is 0. The zero-order valence-electron chi connectivity index (χ0n) is 4.51. The molecule has 0 amide bonds. The second-order valence-corrected chi connectivity index (χ2v) is 2.42. The summed E-state index contributed by atoms with van der Waals surface area (Å²) < 4.78 is 13.3. The van der Waals surface area contributed by atoms with Gasteiger partial charge in [-0.1, -0.05) is 0 Å². The average molecular weight is 170 g/mol. The summed E-state index contributed by atoms with van der Waals surface area (Å²) >= 11 is 20.0. The Kier molecular flexibility index (Phi) is 2.18. The van der Waals surface area contributed by atoms with E-state index in [4.69, 9.17) is 49.1 Å². The summed E-state index contributed by atoms with van der Waals surface area (Å²) in [5.74, 6) is 0. The molecule has 0 aromatic carbocycles. The maximum Gasteiger partial charge on any atom is 0.137 e. The molecular weight excluding hydrogens is 166 g/mol. The highest BCUT2D eigenvalue weighted by Gasteiger charge is 2.06. The van der Waals surface area contributed by atoms with Crippen molar-refractivity contribution in [1.82, 2.24) is 0 Å². The van der Waals surface area contributed by atoms with Gasteiger partial charge < -0.3 is 0 Å². The van der Waals surface area contributed by atoms with Gasteiger partial charge in [0.05, 0.1) is 2.74 Å². The number of hydrogen-bond acceptors (Lipinski definition) is 0. The average Bonchev–Trinajstić information content (AvgIpc) is 1.25. The maximum atomic E-state index is 6.66. The lowest BCUT2D eigenvalue weighted by Gasteiger charge is -1.95. The Bertz CT molecular complexity index is 67.0. The third-order valence-corrected chi connectivity index (χ3v) is 1.29. The lowest BCUT2D eigenvalue weighted by atomic mass is 10.9. The van der Waals surface area contributed by atoms with Crippen molar-refractivity contribution in [2.75, 3.05) is 0 Å². The van der Waals surface area contributed by atoms with Crippen LogP contribution in [0.5, 0.6) is 0 Å². The van der Waals surface area contributed by atoms with Gasteiger partial charge in [0, 0.05) is 0 Å². The van der Waals surface area contributed by atoms with E-state index in [2.05, 4.69) is 0 Å². The minimum Gasteiger partial charge on any atom is -0.102 e. The first-order valence-corrected chi connectivity index (χ1v) is 2.52. The van der Waals surface area contributed by atoms with E-state index in [1.165, 1.54) is 0 Å². The van der Waals surface area contributed by atoms with Gasteiger partial charge in [-0.3, -0.25) is 0 Å². The van der Waals surface area contributed by atoms with Crippen molar-refractivity contribution in [3.8, 4) is 0 Å². The quantitative estimate of drug-likeness (QED) is 0.530. The molecule has 6 heavy (non-hydrogen) atoms. The third-order valence-electron chi connectivity index (χ3n) is 0.143. The fraction of sp³-hybridized carbons (Fsp3) is 1.00. The van der Waals surface area contributed by atoms with Crippen molar-refractivity contribution in [3.05, 3.63) is 0 Å². The van der Waals surface area contributed by atoms with Crippen molar-refractivity contribution in [2.45, 2.75) is 9.62 Å². The van der Waals surface area contributed by atoms with Gasteiger partial charge in [0.2, 0.25) is 0 Å². The topological polar surface area (TPSA) is 0 Å². The molecule has 0 aromatic heterocycles. The van der Waals surface area contributed by atoms with Crippen molar-refractivity contribution >= 4 is 46.4 Å². The summed E-state index contributed by atoms with van der Waals surface area (Å²) in [6.45, 7) is 0. The molecular formula is C2H2Cl4. The van der Waals surface area contributed by atoms with Crippen LogP contribution in [0.15, 0.2) is 0 Å². The van der Waals surface area contributed by atoms with Crippen LogP contribution < -0.4 is 0 Å². The molecule has 0 N–H and O–H groups in total. The molecule has 0 saturated heterocycles. The smallest absolute Gasteiger partial charge is 0.102 e. The van der Waals surface area contributed by atoms with Gasteiger partial charge >= 0.3 is 0 Å². The molecule has 0 fully saturated rings. The zero-order chi connectivity index (χ0) is 7.00. The molecule has 38 valence electrons. The van der Waals surface area contributed by atoms with E-state index >= 15 is 0 Å². The molecule has 0 nitrogen and oxygen atoms in total. The molecule has 0 rings (SSSR count). The Hall–Kier alpha value is 1.16. The van der Waals surface area contributed by atoms with E-state index in [-0.39, 0.29) is 0 Å². The Balaban J connectivity index is 4.02. The van der Waals surface area contributed by atoms with Crippen molar-refractivity contribution in [2.24, 2.45) is 0 Å². The number of rotatable bonds is 1. The minimum atomic E-state index is -2.17. The summed E-state index contributed by atoms with van der Waals surface area (Å²) in [6.07, 6.45) is 0. The van der Waals surface area contributed by atoms with Crippen LogP contribution in [0.1, 0.15) is 2.74 Å². The lowest BCUT2D eigenvalue weighted by molar-refractivity contribution is 1.29. The Morgan fingerprint density at radius 1 is 1.00 bits per heavy atom. The Labute approximate surface area is 59.1 Å². The zero-order valence-corrected chi connectivity index (χ0v) is 5.54. The van der Waals surface area contributed by atoms with Crippen LogP contribution in [0.4, 0.5) is 0 Å². The first-order chi connectivity index (χ1) is 3.25. The van der Waals surface area contributed by atoms with Crippen molar-refractivity contribution in [3.63, 3.8) is 0 Å². The van der Waals surface area contributed by atoms with Crippen molar-refractivity contribution in [1.29, 1.82) is 0 Å². The largest absolute Gasteiger partial charge is 0.137 e. The second-order valence-electron chi connectivity index (χ2n) is 0.521.